The SMILES string of the molecule is C#Cc1cc(OC)c(-c2c(-c3ncc(Oc4nccc(C)n4)cc3F)c3c(N)ncnc3n2C)c(C)n1. The van der Waals surface area contributed by atoms with Crippen LogP contribution < -0.4 is 15.2 Å². The maximum atomic E-state index is 15.7. The van der Waals surface area contributed by atoms with Crippen molar-refractivity contribution in [1.29, 1.82) is 0 Å². The van der Waals surface area contributed by atoms with Gasteiger partial charge in [-0.2, -0.15) is 0 Å². The lowest BCUT2D eigenvalue weighted by Crippen LogP contribution is -2.02. The molecule has 0 saturated carbocycles. The topological polar surface area (TPSA) is 127 Å². The summed E-state index contributed by atoms with van der Waals surface area (Å²) in [5, 5.41) is 0.435. The van der Waals surface area contributed by atoms with Crippen molar-refractivity contribution in [3.8, 4) is 52.4 Å². The van der Waals surface area contributed by atoms with E-state index in [2.05, 4.69) is 35.8 Å². The van der Waals surface area contributed by atoms with Crippen LogP contribution >= 0.6 is 0 Å². The minimum Gasteiger partial charge on any atom is -0.496 e. The largest absolute Gasteiger partial charge is 0.496 e. The molecule has 0 aliphatic heterocycles. The zero-order chi connectivity index (χ0) is 26.3. The normalized spacial score (nSPS) is 10.9. The maximum absolute atomic E-state index is 15.7. The van der Waals surface area contributed by atoms with Gasteiger partial charge in [-0.25, -0.2) is 34.3 Å². The van der Waals surface area contributed by atoms with Gasteiger partial charge in [-0.3, -0.25) is 0 Å². The standard InChI is InChI=1S/C26H21FN8O2/c1-6-15-9-18(36-5)19(14(3)34-15)23-20(21-24(28)31-12-32-25(21)35(23)4)22-17(27)10-16(11-30-22)37-26-29-8-7-13(2)33-26/h1,7-12H,2-5H3,(H2,28,31,32). The van der Waals surface area contributed by atoms with Crippen LogP contribution in [0.15, 0.2) is 36.9 Å². The number of nitrogens with two attached hydrogens (primary N) is 1. The van der Waals surface area contributed by atoms with E-state index >= 15 is 4.39 Å². The Kier molecular flexibility index (Phi) is 5.85. The molecule has 0 spiro atoms. The van der Waals surface area contributed by atoms with E-state index in [-0.39, 0.29) is 23.3 Å². The molecule has 0 aliphatic carbocycles. The van der Waals surface area contributed by atoms with E-state index in [1.807, 2.05) is 0 Å². The molecule has 0 aliphatic rings. The molecule has 5 aromatic heterocycles. The molecule has 5 rings (SSSR count). The van der Waals surface area contributed by atoms with Crippen molar-refractivity contribution in [2.45, 2.75) is 13.8 Å². The van der Waals surface area contributed by atoms with E-state index in [1.165, 1.54) is 25.7 Å². The van der Waals surface area contributed by atoms with Gasteiger partial charge in [-0.15, -0.1) is 6.42 Å². The van der Waals surface area contributed by atoms with Crippen molar-refractivity contribution in [3.05, 3.63) is 59.8 Å². The Labute approximate surface area is 211 Å². The summed E-state index contributed by atoms with van der Waals surface area (Å²) in [6.07, 6.45) is 9.85. The zero-order valence-corrected chi connectivity index (χ0v) is 20.4. The number of aromatic nitrogens is 7. The number of pyridine rings is 2. The minimum absolute atomic E-state index is 0.0158. The fourth-order valence-electron chi connectivity index (χ4n) is 4.21. The van der Waals surface area contributed by atoms with Gasteiger partial charge in [0.25, 0.3) is 0 Å². The summed E-state index contributed by atoms with van der Waals surface area (Å²) in [6.45, 7) is 3.59. The van der Waals surface area contributed by atoms with E-state index in [4.69, 9.17) is 21.6 Å². The maximum Gasteiger partial charge on any atom is 0.322 e. The van der Waals surface area contributed by atoms with Crippen LogP contribution in [0.3, 0.4) is 0 Å². The third-order valence-corrected chi connectivity index (χ3v) is 5.80. The molecule has 0 atom stereocenters. The number of methoxy groups -OCH3 is 1. The van der Waals surface area contributed by atoms with Crippen molar-refractivity contribution >= 4 is 16.9 Å². The number of nitrogens with zero attached hydrogens (tertiary/aromatic N) is 7. The number of hydrogen-bond acceptors (Lipinski definition) is 9. The van der Waals surface area contributed by atoms with Crippen LogP contribution in [-0.4, -0.2) is 41.6 Å². The second-order valence-corrected chi connectivity index (χ2v) is 8.14. The Morgan fingerprint density at radius 3 is 2.59 bits per heavy atom. The highest BCUT2D eigenvalue weighted by molar-refractivity contribution is 6.08. The first kappa shape index (κ1) is 23.6. The second kappa shape index (κ2) is 9.16. The first-order valence-corrected chi connectivity index (χ1v) is 11.1. The van der Waals surface area contributed by atoms with E-state index in [0.29, 0.717) is 50.7 Å². The van der Waals surface area contributed by atoms with Crippen molar-refractivity contribution in [2.24, 2.45) is 7.05 Å². The van der Waals surface area contributed by atoms with Gasteiger partial charge in [0.2, 0.25) is 0 Å². The highest BCUT2D eigenvalue weighted by atomic mass is 19.1. The van der Waals surface area contributed by atoms with Crippen molar-refractivity contribution in [2.75, 3.05) is 12.8 Å². The molecular weight excluding hydrogens is 475 g/mol. The average Bonchev–Trinajstić information content (AvgIpc) is 3.16. The number of rotatable bonds is 5. The van der Waals surface area contributed by atoms with Crippen LogP contribution in [0.2, 0.25) is 0 Å². The molecule has 0 amide bonds. The van der Waals surface area contributed by atoms with E-state index in [1.54, 1.807) is 43.8 Å². The van der Waals surface area contributed by atoms with Crippen LogP contribution in [0.1, 0.15) is 17.1 Å². The monoisotopic (exact) mass is 496 g/mol. The molecule has 0 unspecified atom stereocenters. The number of fused-ring (bicyclic) bond motifs is 1. The molecule has 184 valence electrons. The summed E-state index contributed by atoms with van der Waals surface area (Å²) in [7, 11) is 3.30. The molecule has 0 radical (unpaired) electrons. The fraction of sp³-hybridized carbons (Fsp3) is 0.154. The molecule has 37 heavy (non-hydrogen) atoms. The van der Waals surface area contributed by atoms with Crippen LogP contribution in [-0.2, 0) is 7.05 Å². The second-order valence-electron chi connectivity index (χ2n) is 8.14. The number of halogens is 1. The first-order chi connectivity index (χ1) is 17.8. The molecule has 2 N–H and O–H groups in total. The first-order valence-electron chi connectivity index (χ1n) is 11.1. The Bertz CT molecular complexity index is 1720. The zero-order valence-electron chi connectivity index (χ0n) is 20.4. The fourth-order valence-corrected chi connectivity index (χ4v) is 4.21. The number of terminal acetylenes is 1. The summed E-state index contributed by atoms with van der Waals surface area (Å²) in [6, 6.07) is 4.66. The van der Waals surface area contributed by atoms with Crippen molar-refractivity contribution in [1.82, 2.24) is 34.5 Å². The highest BCUT2D eigenvalue weighted by Gasteiger charge is 2.28. The molecule has 5 heterocycles. The predicted molar refractivity (Wildman–Crippen MR) is 135 cm³/mol. The van der Waals surface area contributed by atoms with Gasteiger partial charge in [-0.05, 0) is 19.9 Å². The summed E-state index contributed by atoms with van der Waals surface area (Å²) < 4.78 is 28.8. The Morgan fingerprint density at radius 2 is 1.89 bits per heavy atom. The molecule has 0 aromatic carbocycles. The van der Waals surface area contributed by atoms with E-state index < -0.39 is 5.82 Å². The molecule has 0 fully saturated rings. The smallest absolute Gasteiger partial charge is 0.322 e. The predicted octanol–water partition coefficient (Wildman–Crippen LogP) is 4.00. The molecular formula is C26H21FN8O2. The number of ether oxygens (including phenoxy) is 2. The van der Waals surface area contributed by atoms with Crippen molar-refractivity contribution < 1.29 is 13.9 Å². The number of anilines is 1. The highest BCUT2D eigenvalue weighted by Crippen LogP contribution is 2.45. The molecule has 11 heteroatoms. The van der Waals surface area contributed by atoms with Gasteiger partial charge in [0.1, 0.15) is 34.9 Å². The molecule has 5 aromatic rings. The van der Waals surface area contributed by atoms with Gasteiger partial charge in [0.15, 0.2) is 11.6 Å². The molecule has 0 bridgehead atoms. The summed E-state index contributed by atoms with van der Waals surface area (Å²) >= 11 is 0. The third-order valence-electron chi connectivity index (χ3n) is 5.80. The minimum atomic E-state index is -0.660. The molecule has 0 saturated heterocycles. The third kappa shape index (κ3) is 4.04. The van der Waals surface area contributed by atoms with Crippen LogP contribution in [0.25, 0.3) is 33.5 Å². The Morgan fingerprint density at radius 1 is 1.08 bits per heavy atom. The summed E-state index contributed by atoms with van der Waals surface area (Å²) in [4.78, 5) is 25.6. The van der Waals surface area contributed by atoms with Crippen LogP contribution in [0.5, 0.6) is 17.5 Å². The van der Waals surface area contributed by atoms with Gasteiger partial charge < -0.3 is 19.8 Å². The van der Waals surface area contributed by atoms with Gasteiger partial charge in [0, 0.05) is 36.6 Å². The lowest BCUT2D eigenvalue weighted by Gasteiger charge is -2.15. The summed E-state index contributed by atoms with van der Waals surface area (Å²) in [5.74, 6) is 2.61. The van der Waals surface area contributed by atoms with Crippen LogP contribution in [0.4, 0.5) is 10.2 Å². The van der Waals surface area contributed by atoms with Gasteiger partial charge >= 0.3 is 6.01 Å². The van der Waals surface area contributed by atoms with Gasteiger partial charge in [0.05, 0.1) is 35.6 Å². The van der Waals surface area contributed by atoms with E-state index in [0.717, 1.165) is 0 Å². The Balaban J connectivity index is 1.76. The van der Waals surface area contributed by atoms with Crippen LogP contribution in [0, 0.1) is 32.0 Å². The van der Waals surface area contributed by atoms with E-state index in [9.17, 15) is 0 Å². The van der Waals surface area contributed by atoms with Crippen molar-refractivity contribution in [3.63, 3.8) is 0 Å². The Hall–Kier alpha value is -5.11. The number of aryl methyl sites for hydroxylation is 3. The average molecular weight is 497 g/mol. The number of hydrogen-bond donors (Lipinski definition) is 1. The van der Waals surface area contributed by atoms with Gasteiger partial charge in [-0.1, -0.05) is 5.92 Å². The lowest BCUT2D eigenvalue weighted by molar-refractivity contribution is 0.415. The lowest BCUT2D eigenvalue weighted by atomic mass is 10.00. The number of nitrogen functional groups attached to an aromatic ring is 1. The summed E-state index contributed by atoms with van der Waals surface area (Å²) in [5.41, 5.74) is 9.96. The quantitative estimate of drug-likeness (QED) is 0.359. The molecule has 10 nitrogen and oxygen atoms in total.